The van der Waals surface area contributed by atoms with E-state index in [2.05, 4.69) is 28.0 Å². The molecule has 15 heavy (non-hydrogen) atoms. The normalized spacial score (nSPS) is 17.7. The lowest BCUT2D eigenvalue weighted by molar-refractivity contribution is 0.532. The average molecular weight is 223 g/mol. The number of piperidine rings is 1. The number of pyridine rings is 1. The van der Waals surface area contributed by atoms with E-state index in [1.807, 2.05) is 12.3 Å². The summed E-state index contributed by atoms with van der Waals surface area (Å²) in [6, 6.07) is 4.11. The van der Waals surface area contributed by atoms with Gasteiger partial charge in [-0.15, -0.1) is 0 Å². The van der Waals surface area contributed by atoms with Crippen LogP contribution in [0.25, 0.3) is 0 Å². The lowest BCUT2D eigenvalue weighted by Gasteiger charge is -2.21. The number of aryl methyl sites for hydroxylation is 1. The number of nitrogens with zero attached hydrogens (tertiary/aromatic N) is 1. The van der Waals surface area contributed by atoms with Crippen LogP contribution in [-0.2, 0) is 0 Å². The fraction of sp³-hybridized carbons (Fsp3) is 0.545. The van der Waals surface area contributed by atoms with Crippen LogP contribution in [0.1, 0.15) is 18.4 Å². The van der Waals surface area contributed by atoms with Gasteiger partial charge in [0.2, 0.25) is 0 Å². The molecule has 2 N–H and O–H groups in total. The largest absolute Gasteiger partial charge is 0.317 e. The molecule has 0 atom stereocenters. The van der Waals surface area contributed by atoms with Crippen molar-refractivity contribution in [1.29, 1.82) is 0 Å². The Hall–Kier alpha value is -0.740. The minimum Gasteiger partial charge on any atom is -0.317 e. The second-order valence-electron chi connectivity index (χ2n) is 3.89. The molecule has 4 heteroatoms. The van der Waals surface area contributed by atoms with E-state index in [1.54, 1.807) is 11.9 Å². The third-order valence-electron chi connectivity index (χ3n) is 2.53. The van der Waals surface area contributed by atoms with Crippen LogP contribution < -0.4 is 10.0 Å². The molecule has 1 aromatic heterocycles. The van der Waals surface area contributed by atoms with Gasteiger partial charge < -0.3 is 10.0 Å². The van der Waals surface area contributed by atoms with Gasteiger partial charge in [0.05, 0.1) is 0 Å². The second-order valence-corrected chi connectivity index (χ2v) is 5.00. The fourth-order valence-corrected chi connectivity index (χ4v) is 2.46. The van der Waals surface area contributed by atoms with Crippen LogP contribution in [0.2, 0.25) is 0 Å². The van der Waals surface area contributed by atoms with Gasteiger partial charge in [0.15, 0.2) is 0 Å². The SMILES string of the molecule is Cc1ccc(NSC2CCNCC2)nc1. The molecule has 0 spiro atoms. The number of anilines is 1. The maximum atomic E-state index is 4.32. The third kappa shape index (κ3) is 3.39. The summed E-state index contributed by atoms with van der Waals surface area (Å²) in [4.78, 5) is 4.32. The predicted octanol–water partition coefficient (Wildman–Crippen LogP) is 2.20. The topological polar surface area (TPSA) is 37.0 Å². The molecule has 1 aliphatic rings. The van der Waals surface area contributed by atoms with E-state index in [0.717, 1.165) is 18.9 Å². The molecule has 1 aliphatic heterocycles. The van der Waals surface area contributed by atoms with Crippen LogP contribution in [0.15, 0.2) is 18.3 Å². The Morgan fingerprint density at radius 2 is 2.20 bits per heavy atom. The first-order chi connectivity index (χ1) is 7.34. The van der Waals surface area contributed by atoms with E-state index in [4.69, 9.17) is 0 Å². The Bertz CT molecular complexity index is 293. The van der Waals surface area contributed by atoms with Crippen molar-refractivity contribution >= 4 is 17.8 Å². The van der Waals surface area contributed by atoms with Crippen LogP contribution in [0.3, 0.4) is 0 Å². The first-order valence-electron chi connectivity index (χ1n) is 5.39. The summed E-state index contributed by atoms with van der Waals surface area (Å²) >= 11 is 1.80. The summed E-state index contributed by atoms with van der Waals surface area (Å²) in [6.07, 6.45) is 4.37. The summed E-state index contributed by atoms with van der Waals surface area (Å²) in [5.41, 5.74) is 1.20. The van der Waals surface area contributed by atoms with Crippen molar-refractivity contribution in [3.05, 3.63) is 23.9 Å². The Morgan fingerprint density at radius 1 is 1.40 bits per heavy atom. The lowest BCUT2D eigenvalue weighted by Crippen LogP contribution is -2.29. The highest BCUT2D eigenvalue weighted by molar-refractivity contribution is 8.01. The molecule has 0 amide bonds. The number of hydrogen-bond acceptors (Lipinski definition) is 4. The fourth-order valence-electron chi connectivity index (χ4n) is 1.59. The molecule has 0 bridgehead atoms. The van der Waals surface area contributed by atoms with Gasteiger partial charge in [-0.1, -0.05) is 6.07 Å². The summed E-state index contributed by atoms with van der Waals surface area (Å²) in [5, 5.41) is 4.08. The van der Waals surface area contributed by atoms with Gasteiger partial charge in [-0.2, -0.15) is 0 Å². The molecule has 2 rings (SSSR count). The molecule has 1 aromatic rings. The Kier molecular flexibility index (Phi) is 3.86. The van der Waals surface area contributed by atoms with Gasteiger partial charge in [0.1, 0.15) is 5.82 Å². The van der Waals surface area contributed by atoms with Crippen LogP contribution in [-0.4, -0.2) is 23.3 Å². The first-order valence-corrected chi connectivity index (χ1v) is 6.27. The summed E-state index contributed by atoms with van der Waals surface area (Å²) in [7, 11) is 0. The van der Waals surface area contributed by atoms with Crippen LogP contribution in [0, 0.1) is 6.92 Å². The Morgan fingerprint density at radius 3 is 2.87 bits per heavy atom. The molecule has 2 heterocycles. The summed E-state index contributed by atoms with van der Waals surface area (Å²) < 4.78 is 3.32. The predicted molar refractivity (Wildman–Crippen MR) is 66.1 cm³/mol. The smallest absolute Gasteiger partial charge is 0.135 e. The zero-order chi connectivity index (χ0) is 10.5. The Labute approximate surface area is 95.2 Å². The van der Waals surface area contributed by atoms with Crippen molar-refractivity contribution in [2.75, 3.05) is 17.8 Å². The van der Waals surface area contributed by atoms with Crippen molar-refractivity contribution in [2.45, 2.75) is 25.0 Å². The number of hydrogen-bond donors (Lipinski definition) is 2. The lowest BCUT2D eigenvalue weighted by atomic mass is 10.2. The Balaban J connectivity index is 1.79. The van der Waals surface area contributed by atoms with Crippen LogP contribution in [0.5, 0.6) is 0 Å². The maximum Gasteiger partial charge on any atom is 0.135 e. The molecule has 0 saturated carbocycles. The highest BCUT2D eigenvalue weighted by Gasteiger charge is 2.13. The van der Waals surface area contributed by atoms with Gasteiger partial charge in [0.25, 0.3) is 0 Å². The number of rotatable bonds is 3. The van der Waals surface area contributed by atoms with E-state index in [-0.39, 0.29) is 0 Å². The molecule has 0 radical (unpaired) electrons. The molecule has 82 valence electrons. The zero-order valence-electron chi connectivity index (χ0n) is 8.99. The van der Waals surface area contributed by atoms with E-state index in [0.29, 0.717) is 5.25 Å². The van der Waals surface area contributed by atoms with Gasteiger partial charge in [0, 0.05) is 11.4 Å². The van der Waals surface area contributed by atoms with Crippen LogP contribution in [0.4, 0.5) is 5.82 Å². The van der Waals surface area contributed by atoms with Crippen molar-refractivity contribution in [2.24, 2.45) is 0 Å². The van der Waals surface area contributed by atoms with E-state index in [1.165, 1.54) is 18.4 Å². The summed E-state index contributed by atoms with van der Waals surface area (Å²) in [6.45, 7) is 4.33. The monoisotopic (exact) mass is 223 g/mol. The van der Waals surface area contributed by atoms with Crippen molar-refractivity contribution in [1.82, 2.24) is 10.3 Å². The zero-order valence-corrected chi connectivity index (χ0v) is 9.81. The molecule has 1 saturated heterocycles. The maximum absolute atomic E-state index is 4.32. The second kappa shape index (κ2) is 5.37. The molecule has 0 unspecified atom stereocenters. The molecule has 0 aromatic carbocycles. The van der Waals surface area contributed by atoms with Crippen molar-refractivity contribution in [3.63, 3.8) is 0 Å². The minimum absolute atomic E-state index is 0.717. The third-order valence-corrected chi connectivity index (χ3v) is 3.66. The number of aromatic nitrogens is 1. The molecule has 1 fully saturated rings. The van der Waals surface area contributed by atoms with Gasteiger partial charge in [-0.25, -0.2) is 4.98 Å². The van der Waals surface area contributed by atoms with Crippen LogP contribution >= 0.6 is 11.9 Å². The average Bonchev–Trinajstić information content (AvgIpc) is 2.30. The first kappa shape index (κ1) is 10.8. The van der Waals surface area contributed by atoms with Gasteiger partial charge in [-0.05, 0) is 56.4 Å². The van der Waals surface area contributed by atoms with Crippen molar-refractivity contribution in [3.8, 4) is 0 Å². The molecular formula is C11H17N3S. The van der Waals surface area contributed by atoms with Gasteiger partial charge in [-0.3, -0.25) is 0 Å². The highest BCUT2D eigenvalue weighted by Crippen LogP contribution is 2.21. The number of nitrogens with one attached hydrogen (secondary N) is 2. The molecule has 3 nitrogen and oxygen atoms in total. The van der Waals surface area contributed by atoms with Crippen molar-refractivity contribution < 1.29 is 0 Å². The van der Waals surface area contributed by atoms with E-state index < -0.39 is 0 Å². The highest BCUT2D eigenvalue weighted by atomic mass is 32.2. The van der Waals surface area contributed by atoms with E-state index >= 15 is 0 Å². The molecule has 0 aliphatic carbocycles. The minimum atomic E-state index is 0.717. The standard InChI is InChI=1S/C11H17N3S/c1-9-2-3-11(13-8-9)14-15-10-4-6-12-7-5-10/h2-3,8,10,12H,4-7H2,1H3,(H,13,14). The van der Waals surface area contributed by atoms with Gasteiger partial charge >= 0.3 is 0 Å². The molecular weight excluding hydrogens is 206 g/mol. The summed E-state index contributed by atoms with van der Waals surface area (Å²) in [5.74, 6) is 0.962. The quantitative estimate of drug-likeness (QED) is 0.770. The van der Waals surface area contributed by atoms with E-state index in [9.17, 15) is 0 Å².